The van der Waals surface area contributed by atoms with Gasteiger partial charge in [-0.25, -0.2) is 0 Å². The molecule has 2 aliphatic rings. The Bertz CT molecular complexity index is 328. The second-order valence-corrected chi connectivity index (χ2v) is 5.55. The first-order valence-corrected chi connectivity index (χ1v) is 6.92. The monoisotopic (exact) mass is 253 g/mol. The van der Waals surface area contributed by atoms with Crippen molar-refractivity contribution in [1.29, 1.82) is 0 Å². The van der Waals surface area contributed by atoms with Crippen LogP contribution in [0.3, 0.4) is 0 Å². The molecule has 0 aromatic carbocycles. The molecule has 0 aromatic heterocycles. The molecular formula is C13H23N3O2. The van der Waals surface area contributed by atoms with E-state index in [0.717, 1.165) is 32.1 Å². The van der Waals surface area contributed by atoms with Crippen LogP contribution in [-0.4, -0.2) is 30.4 Å². The lowest BCUT2D eigenvalue weighted by Crippen LogP contribution is -2.48. The van der Waals surface area contributed by atoms with E-state index >= 15 is 0 Å². The van der Waals surface area contributed by atoms with Crippen LogP contribution in [0.2, 0.25) is 0 Å². The number of nitrogens with one attached hydrogen (secondary N) is 2. The van der Waals surface area contributed by atoms with Gasteiger partial charge in [0.15, 0.2) is 0 Å². The SMILES string of the molecule is CC(NC(=O)C1CCCC1CN)C(=O)NC1CC1. The summed E-state index contributed by atoms with van der Waals surface area (Å²) in [7, 11) is 0. The van der Waals surface area contributed by atoms with Gasteiger partial charge in [0.25, 0.3) is 0 Å². The molecule has 2 rings (SSSR count). The van der Waals surface area contributed by atoms with Crippen LogP contribution in [0.1, 0.15) is 39.0 Å². The fourth-order valence-corrected chi connectivity index (χ4v) is 2.60. The highest BCUT2D eigenvalue weighted by atomic mass is 16.2. The van der Waals surface area contributed by atoms with E-state index in [2.05, 4.69) is 10.6 Å². The quantitative estimate of drug-likeness (QED) is 0.652. The van der Waals surface area contributed by atoms with Gasteiger partial charge in [-0.2, -0.15) is 0 Å². The molecule has 0 aliphatic heterocycles. The molecule has 3 unspecified atom stereocenters. The van der Waals surface area contributed by atoms with E-state index in [1.54, 1.807) is 6.92 Å². The van der Waals surface area contributed by atoms with Crippen molar-refractivity contribution in [2.45, 2.75) is 51.1 Å². The van der Waals surface area contributed by atoms with Crippen LogP contribution in [0.25, 0.3) is 0 Å². The third kappa shape index (κ3) is 3.22. The molecule has 4 N–H and O–H groups in total. The lowest BCUT2D eigenvalue weighted by molar-refractivity contribution is -0.131. The highest BCUT2D eigenvalue weighted by Crippen LogP contribution is 2.31. The van der Waals surface area contributed by atoms with Crippen molar-refractivity contribution in [2.75, 3.05) is 6.54 Å². The number of amides is 2. The molecule has 2 fully saturated rings. The maximum Gasteiger partial charge on any atom is 0.242 e. The van der Waals surface area contributed by atoms with E-state index in [1.807, 2.05) is 0 Å². The Morgan fingerprint density at radius 1 is 1.28 bits per heavy atom. The van der Waals surface area contributed by atoms with Crippen LogP contribution in [-0.2, 0) is 9.59 Å². The summed E-state index contributed by atoms with van der Waals surface area (Å²) >= 11 is 0. The summed E-state index contributed by atoms with van der Waals surface area (Å²) in [6.07, 6.45) is 5.10. The van der Waals surface area contributed by atoms with Gasteiger partial charge in [0.2, 0.25) is 11.8 Å². The van der Waals surface area contributed by atoms with Crippen LogP contribution >= 0.6 is 0 Å². The summed E-state index contributed by atoms with van der Waals surface area (Å²) in [5.74, 6) is 0.185. The highest BCUT2D eigenvalue weighted by Gasteiger charge is 2.33. The Balaban J connectivity index is 1.80. The van der Waals surface area contributed by atoms with Crippen LogP contribution < -0.4 is 16.4 Å². The van der Waals surface area contributed by atoms with E-state index < -0.39 is 6.04 Å². The average Bonchev–Trinajstić information content (AvgIpc) is 3.02. The number of rotatable bonds is 5. The summed E-state index contributed by atoms with van der Waals surface area (Å²) in [5.41, 5.74) is 5.67. The highest BCUT2D eigenvalue weighted by molar-refractivity contribution is 5.88. The van der Waals surface area contributed by atoms with Crippen molar-refractivity contribution in [1.82, 2.24) is 10.6 Å². The second-order valence-electron chi connectivity index (χ2n) is 5.55. The first-order valence-electron chi connectivity index (χ1n) is 6.92. The molecule has 0 saturated heterocycles. The van der Waals surface area contributed by atoms with E-state index in [-0.39, 0.29) is 23.7 Å². The van der Waals surface area contributed by atoms with Gasteiger partial charge in [0.05, 0.1) is 0 Å². The molecule has 102 valence electrons. The van der Waals surface area contributed by atoms with Gasteiger partial charge in [-0.3, -0.25) is 9.59 Å². The molecule has 0 spiro atoms. The molecule has 0 heterocycles. The molecule has 0 bridgehead atoms. The van der Waals surface area contributed by atoms with Gasteiger partial charge in [0.1, 0.15) is 6.04 Å². The Kier molecular flexibility index (Phi) is 4.22. The van der Waals surface area contributed by atoms with Gasteiger partial charge < -0.3 is 16.4 Å². The van der Waals surface area contributed by atoms with Gasteiger partial charge >= 0.3 is 0 Å². The maximum absolute atomic E-state index is 12.1. The molecule has 5 nitrogen and oxygen atoms in total. The maximum atomic E-state index is 12.1. The Morgan fingerprint density at radius 2 is 2.00 bits per heavy atom. The number of nitrogens with two attached hydrogens (primary N) is 1. The molecule has 2 amide bonds. The molecule has 2 saturated carbocycles. The minimum atomic E-state index is -0.447. The smallest absolute Gasteiger partial charge is 0.242 e. The Hall–Kier alpha value is -1.10. The fraction of sp³-hybridized carbons (Fsp3) is 0.846. The summed E-state index contributed by atoms with van der Waals surface area (Å²) in [5, 5.41) is 5.71. The summed E-state index contributed by atoms with van der Waals surface area (Å²) in [6, 6.07) is -0.114. The van der Waals surface area contributed by atoms with E-state index in [1.165, 1.54) is 0 Å². The van der Waals surface area contributed by atoms with Crippen LogP contribution in [0.4, 0.5) is 0 Å². The van der Waals surface area contributed by atoms with E-state index in [4.69, 9.17) is 5.73 Å². The standard InChI is InChI=1S/C13H23N3O2/c1-8(12(17)16-10-5-6-10)15-13(18)11-4-2-3-9(11)7-14/h8-11H,2-7,14H2,1H3,(H,15,18)(H,16,17). The van der Waals surface area contributed by atoms with Crippen LogP contribution in [0.15, 0.2) is 0 Å². The van der Waals surface area contributed by atoms with Crippen LogP contribution in [0, 0.1) is 11.8 Å². The van der Waals surface area contributed by atoms with Crippen LogP contribution in [0.5, 0.6) is 0 Å². The van der Waals surface area contributed by atoms with Gasteiger partial charge in [-0.05, 0) is 45.1 Å². The normalized spacial score (nSPS) is 28.8. The molecule has 0 aromatic rings. The first kappa shape index (κ1) is 13.3. The van der Waals surface area contributed by atoms with Crippen molar-refractivity contribution in [3.8, 4) is 0 Å². The zero-order chi connectivity index (χ0) is 13.1. The average molecular weight is 253 g/mol. The Morgan fingerprint density at radius 3 is 2.61 bits per heavy atom. The molecule has 5 heteroatoms. The molecule has 0 radical (unpaired) electrons. The van der Waals surface area contributed by atoms with Crippen molar-refractivity contribution >= 4 is 11.8 Å². The second kappa shape index (κ2) is 5.69. The number of hydrogen-bond acceptors (Lipinski definition) is 3. The summed E-state index contributed by atoms with van der Waals surface area (Å²) in [6.45, 7) is 2.29. The number of hydrogen-bond donors (Lipinski definition) is 3. The predicted octanol–water partition coefficient (Wildman–Crippen LogP) is 0.145. The Labute approximate surface area is 108 Å². The van der Waals surface area contributed by atoms with Crippen molar-refractivity contribution in [3.05, 3.63) is 0 Å². The van der Waals surface area contributed by atoms with Gasteiger partial charge in [0, 0.05) is 12.0 Å². The molecular weight excluding hydrogens is 230 g/mol. The predicted molar refractivity (Wildman–Crippen MR) is 68.7 cm³/mol. The number of carbonyl (C=O) groups is 2. The minimum absolute atomic E-state index is 0.00817. The topological polar surface area (TPSA) is 84.2 Å². The third-order valence-corrected chi connectivity index (χ3v) is 3.97. The van der Waals surface area contributed by atoms with Gasteiger partial charge in [-0.1, -0.05) is 6.42 Å². The van der Waals surface area contributed by atoms with E-state index in [9.17, 15) is 9.59 Å². The molecule has 2 aliphatic carbocycles. The number of carbonyl (C=O) groups excluding carboxylic acids is 2. The van der Waals surface area contributed by atoms with Gasteiger partial charge in [-0.15, -0.1) is 0 Å². The van der Waals surface area contributed by atoms with Crippen molar-refractivity contribution in [3.63, 3.8) is 0 Å². The molecule has 3 atom stereocenters. The largest absolute Gasteiger partial charge is 0.352 e. The zero-order valence-corrected chi connectivity index (χ0v) is 10.9. The summed E-state index contributed by atoms with van der Waals surface area (Å²) < 4.78 is 0. The van der Waals surface area contributed by atoms with Crippen molar-refractivity contribution < 1.29 is 9.59 Å². The third-order valence-electron chi connectivity index (χ3n) is 3.97. The van der Waals surface area contributed by atoms with E-state index in [0.29, 0.717) is 12.6 Å². The zero-order valence-electron chi connectivity index (χ0n) is 10.9. The lowest BCUT2D eigenvalue weighted by atomic mass is 9.95. The first-order chi connectivity index (χ1) is 8.61. The minimum Gasteiger partial charge on any atom is -0.352 e. The summed E-state index contributed by atoms with van der Waals surface area (Å²) in [4.78, 5) is 23.8. The van der Waals surface area contributed by atoms with Crippen molar-refractivity contribution in [2.24, 2.45) is 17.6 Å². The fourth-order valence-electron chi connectivity index (χ4n) is 2.60. The lowest BCUT2D eigenvalue weighted by Gasteiger charge is -2.20. The molecule has 18 heavy (non-hydrogen) atoms.